The van der Waals surface area contributed by atoms with Crippen molar-refractivity contribution in [2.24, 2.45) is 23.7 Å². The summed E-state index contributed by atoms with van der Waals surface area (Å²) in [5.41, 5.74) is 1.58. The van der Waals surface area contributed by atoms with E-state index in [1.54, 1.807) is 12.1 Å². The van der Waals surface area contributed by atoms with Gasteiger partial charge < -0.3 is 14.6 Å². The van der Waals surface area contributed by atoms with Crippen LogP contribution in [0.3, 0.4) is 0 Å². The molecule has 5 aliphatic rings. The highest BCUT2D eigenvalue weighted by molar-refractivity contribution is 9.09. The Morgan fingerprint density at radius 2 is 1.92 bits per heavy atom. The van der Waals surface area contributed by atoms with Crippen LogP contribution in [0.15, 0.2) is 41.7 Å². The summed E-state index contributed by atoms with van der Waals surface area (Å²) < 4.78 is 10.5. The number of carbonyl (C=O) groups excluding carboxylic acids is 5. The van der Waals surface area contributed by atoms with E-state index in [4.69, 9.17) is 27.9 Å². The van der Waals surface area contributed by atoms with Crippen LogP contribution in [0, 0.1) is 23.7 Å². The second-order valence-electron chi connectivity index (χ2n) is 10.2. The molecule has 0 aromatic heterocycles. The molecule has 1 saturated carbocycles. The predicted octanol–water partition coefficient (Wildman–Crippen LogP) is 3.22. The third-order valence-corrected chi connectivity index (χ3v) is 10.4. The van der Waals surface area contributed by atoms with E-state index in [0.29, 0.717) is 27.4 Å². The number of methoxy groups -OCH3 is 1. The second-order valence-corrected chi connectivity index (χ2v) is 12.0. The standard InChI is InChI=1S/C26H21BrCl2N2O8/c1-38-24(37)31-20(33)15-4-3-14-16(18(15)21(31)34)8-25(28)22(35)30(10-27)23(36)26(25,29)19(14)12-6-11-7-13(32)2-5-17(11)39-9-12/h2-3,5,7,9,15-16,18-19,32H,4,6,8,10H2,1H3/t15-,16+,18-,19-,25+,26-/m0/s1. The van der Waals surface area contributed by atoms with Crippen LogP contribution in [0.25, 0.3) is 0 Å². The average molecular weight is 640 g/mol. The molecule has 39 heavy (non-hydrogen) atoms. The van der Waals surface area contributed by atoms with Crippen molar-refractivity contribution in [1.82, 2.24) is 9.80 Å². The van der Waals surface area contributed by atoms with E-state index in [0.717, 1.165) is 12.0 Å². The van der Waals surface area contributed by atoms with E-state index in [-0.39, 0.29) is 30.5 Å². The number of carbonyl (C=O) groups is 5. The Bertz CT molecular complexity index is 1440. The van der Waals surface area contributed by atoms with E-state index < -0.39 is 63.1 Å². The molecule has 204 valence electrons. The number of nitrogens with zero attached hydrogens (tertiary/aromatic N) is 2. The zero-order valence-electron chi connectivity index (χ0n) is 20.4. The summed E-state index contributed by atoms with van der Waals surface area (Å²) in [4.78, 5) is 63.8. The minimum Gasteiger partial charge on any atom is -0.508 e. The number of aromatic hydroxyl groups is 1. The van der Waals surface area contributed by atoms with Crippen LogP contribution in [0.4, 0.5) is 4.79 Å². The number of amides is 5. The summed E-state index contributed by atoms with van der Waals surface area (Å²) >= 11 is 17.5. The number of benzene rings is 1. The van der Waals surface area contributed by atoms with Crippen molar-refractivity contribution in [2.45, 2.75) is 29.0 Å². The molecule has 13 heteroatoms. The molecular formula is C26H21BrCl2N2O8. The van der Waals surface area contributed by atoms with Crippen molar-refractivity contribution in [2.75, 3.05) is 12.6 Å². The smallest absolute Gasteiger partial charge is 0.423 e. The molecule has 0 unspecified atom stereocenters. The van der Waals surface area contributed by atoms with E-state index in [9.17, 15) is 29.1 Å². The Balaban J connectivity index is 1.51. The predicted molar refractivity (Wildman–Crippen MR) is 139 cm³/mol. The number of phenols is 1. The van der Waals surface area contributed by atoms with Gasteiger partial charge in [0.25, 0.3) is 11.8 Å². The molecule has 0 radical (unpaired) electrons. The molecule has 2 saturated heterocycles. The van der Waals surface area contributed by atoms with Crippen LogP contribution >= 0.6 is 39.1 Å². The van der Waals surface area contributed by atoms with Crippen LogP contribution < -0.4 is 4.74 Å². The highest BCUT2D eigenvalue weighted by Crippen LogP contribution is 2.64. The minimum atomic E-state index is -1.97. The Kier molecular flexibility index (Phi) is 5.95. The monoisotopic (exact) mass is 638 g/mol. The van der Waals surface area contributed by atoms with Crippen molar-refractivity contribution < 1.29 is 38.6 Å². The number of halogens is 3. The Morgan fingerprint density at radius 1 is 1.18 bits per heavy atom. The van der Waals surface area contributed by atoms with Gasteiger partial charge in [-0.15, -0.1) is 23.2 Å². The highest BCUT2D eigenvalue weighted by atomic mass is 79.9. The van der Waals surface area contributed by atoms with Crippen molar-refractivity contribution in [3.05, 3.63) is 47.2 Å². The highest BCUT2D eigenvalue weighted by Gasteiger charge is 2.76. The van der Waals surface area contributed by atoms with Gasteiger partial charge in [0.1, 0.15) is 11.5 Å². The molecule has 1 N–H and O–H groups in total. The fraction of sp³-hybridized carbons (Fsp3) is 0.423. The summed E-state index contributed by atoms with van der Waals surface area (Å²) in [6.45, 7) is 0. The Labute approximate surface area is 240 Å². The second kappa shape index (κ2) is 8.81. The Hall–Kier alpha value is -2.89. The number of ether oxygens (including phenoxy) is 2. The maximum absolute atomic E-state index is 13.8. The number of hydrogen-bond donors (Lipinski definition) is 1. The van der Waals surface area contributed by atoms with Gasteiger partial charge >= 0.3 is 6.09 Å². The van der Waals surface area contributed by atoms with Gasteiger partial charge in [-0.25, -0.2) is 4.79 Å². The number of alkyl halides is 3. The van der Waals surface area contributed by atoms with Crippen LogP contribution in [-0.2, 0) is 30.3 Å². The molecule has 6 rings (SSSR count). The number of fused-ring (bicyclic) bond motifs is 5. The summed E-state index contributed by atoms with van der Waals surface area (Å²) in [5.74, 6) is -5.94. The van der Waals surface area contributed by atoms with Gasteiger partial charge in [-0.3, -0.25) is 24.1 Å². The number of hydrogen-bond acceptors (Lipinski definition) is 8. The minimum absolute atomic E-state index is 0.0164. The first-order valence-electron chi connectivity index (χ1n) is 12.1. The fourth-order valence-corrected chi connectivity index (χ4v) is 8.28. The van der Waals surface area contributed by atoms with Crippen LogP contribution in [0.1, 0.15) is 18.4 Å². The van der Waals surface area contributed by atoms with E-state index in [1.165, 1.54) is 18.4 Å². The summed E-state index contributed by atoms with van der Waals surface area (Å²) in [6, 6.07) is 4.62. The zero-order valence-corrected chi connectivity index (χ0v) is 23.5. The van der Waals surface area contributed by atoms with E-state index in [1.807, 2.05) is 0 Å². The van der Waals surface area contributed by atoms with Gasteiger partial charge in [-0.2, -0.15) is 4.90 Å². The number of likely N-dealkylation sites (tertiary alicyclic amines) is 2. The number of rotatable bonds is 2. The lowest BCUT2D eigenvalue weighted by molar-refractivity contribution is -0.140. The Morgan fingerprint density at radius 3 is 2.62 bits per heavy atom. The normalized spacial score (nSPS) is 35.0. The maximum Gasteiger partial charge on any atom is 0.423 e. The SMILES string of the molecule is COC(=O)N1C(=O)[C@H]2[C@H](CC=C3[C@H](C4=COc5ccc(O)cc5C4)[C@]4(Cl)C(=O)N(CBr)C(=O)[C@]4(Cl)C[C@H]32)C1=O. The molecule has 2 aliphatic carbocycles. The zero-order chi connectivity index (χ0) is 28.0. The lowest BCUT2D eigenvalue weighted by Crippen LogP contribution is -2.61. The van der Waals surface area contributed by atoms with Crippen LogP contribution in [0.2, 0.25) is 0 Å². The molecule has 3 fully saturated rings. The molecule has 10 nitrogen and oxygen atoms in total. The third kappa shape index (κ3) is 3.29. The van der Waals surface area contributed by atoms with Crippen molar-refractivity contribution in [3.63, 3.8) is 0 Å². The largest absolute Gasteiger partial charge is 0.508 e. The van der Waals surface area contributed by atoms with Gasteiger partial charge in [0.15, 0.2) is 9.75 Å². The molecular weight excluding hydrogens is 619 g/mol. The van der Waals surface area contributed by atoms with Crippen molar-refractivity contribution in [3.8, 4) is 11.5 Å². The van der Waals surface area contributed by atoms with Crippen LogP contribution in [-0.4, -0.2) is 66.9 Å². The average Bonchev–Trinajstić information content (AvgIpc) is 3.25. The molecule has 6 atom stereocenters. The first-order chi connectivity index (χ1) is 18.5. The summed E-state index contributed by atoms with van der Waals surface area (Å²) in [5, 5.41) is 10.0. The molecule has 3 heterocycles. The van der Waals surface area contributed by atoms with Gasteiger partial charge in [-0.05, 0) is 42.5 Å². The fourth-order valence-electron chi connectivity index (χ4n) is 6.84. The summed E-state index contributed by atoms with van der Waals surface area (Å²) in [6.07, 6.45) is 2.26. The molecule has 0 spiro atoms. The molecule has 1 aromatic rings. The number of phenolic OH excluding ortho intramolecular Hbond substituents is 1. The van der Waals surface area contributed by atoms with Gasteiger partial charge in [-0.1, -0.05) is 27.6 Å². The lowest BCUT2D eigenvalue weighted by atomic mass is 9.56. The van der Waals surface area contributed by atoms with Gasteiger partial charge in [0.05, 0.1) is 30.7 Å². The van der Waals surface area contributed by atoms with Gasteiger partial charge in [0, 0.05) is 17.9 Å². The van der Waals surface area contributed by atoms with E-state index >= 15 is 0 Å². The van der Waals surface area contributed by atoms with E-state index in [2.05, 4.69) is 20.7 Å². The summed E-state index contributed by atoms with van der Waals surface area (Å²) in [7, 11) is 1.07. The number of imide groups is 4. The number of allylic oxidation sites excluding steroid dienone is 3. The van der Waals surface area contributed by atoms with Crippen molar-refractivity contribution in [1.29, 1.82) is 0 Å². The maximum atomic E-state index is 13.8. The first-order valence-corrected chi connectivity index (χ1v) is 14.0. The molecule has 3 aliphatic heterocycles. The quantitative estimate of drug-likeness (QED) is 0.226. The van der Waals surface area contributed by atoms with Crippen LogP contribution in [0.5, 0.6) is 11.5 Å². The lowest BCUT2D eigenvalue weighted by Gasteiger charge is -2.51. The molecule has 5 amide bonds. The molecule has 1 aromatic carbocycles. The topological polar surface area (TPSA) is 131 Å². The third-order valence-electron chi connectivity index (χ3n) is 8.52. The van der Waals surface area contributed by atoms with Gasteiger partial charge in [0.2, 0.25) is 11.8 Å². The van der Waals surface area contributed by atoms with Crippen molar-refractivity contribution >= 4 is 68.9 Å². The molecule has 0 bridgehead atoms. The first kappa shape index (κ1) is 26.3.